The van der Waals surface area contributed by atoms with Gasteiger partial charge in [0.2, 0.25) is 0 Å². The number of hydrogen-bond donors (Lipinski definition) is 0. The van der Waals surface area contributed by atoms with Gasteiger partial charge in [0.05, 0.1) is 0 Å². The molecule has 0 aliphatic carbocycles. The summed E-state index contributed by atoms with van der Waals surface area (Å²) in [5.74, 6) is 0.793. The van der Waals surface area contributed by atoms with Crippen LogP contribution in [0.2, 0.25) is 0 Å². The molecule has 0 atom stereocenters. The Bertz CT molecular complexity index is 550. The van der Waals surface area contributed by atoms with E-state index in [1.807, 2.05) is 60.7 Å². The average Bonchev–Trinajstić information content (AvgIpc) is 2.63. The quantitative estimate of drug-likeness (QED) is 0.395. The Morgan fingerprint density at radius 1 is 0.708 bits per heavy atom. The molecule has 0 heterocycles. The van der Waals surface area contributed by atoms with Gasteiger partial charge in [0, 0.05) is 0 Å². The second-order valence-electron chi connectivity index (χ2n) is 5.74. The van der Waals surface area contributed by atoms with Crippen molar-refractivity contribution in [2.24, 2.45) is 0 Å². The minimum atomic E-state index is -2.99. The normalized spacial score (nSPS) is 12.1. The van der Waals surface area contributed by atoms with Crippen molar-refractivity contribution < 1.29 is 13.6 Å². The zero-order valence-electron chi connectivity index (χ0n) is 14.7. The molecule has 0 unspecified atom stereocenters. The Balaban J connectivity index is 2.29. The van der Waals surface area contributed by atoms with Crippen LogP contribution >= 0.6 is 7.94 Å². The Hall–Kier alpha value is -1.41. The molecule has 0 N–H and O–H groups in total. The topological polar surface area (TPSA) is 27.7 Å². The SMILES string of the molecule is CCCCO[PH](OCCCC)(Oc1ccccc1)c1ccccc1. The maximum atomic E-state index is 6.38. The van der Waals surface area contributed by atoms with Crippen molar-refractivity contribution in [1.82, 2.24) is 0 Å². The first-order valence-electron chi connectivity index (χ1n) is 8.88. The van der Waals surface area contributed by atoms with Gasteiger partial charge in [0.15, 0.2) is 0 Å². The molecule has 0 radical (unpaired) electrons. The van der Waals surface area contributed by atoms with Crippen molar-refractivity contribution in [2.45, 2.75) is 39.5 Å². The minimum absolute atomic E-state index is 0.649. The molecule has 2 aromatic carbocycles. The fourth-order valence-corrected chi connectivity index (χ4v) is 4.84. The number of para-hydroxylation sites is 1. The third-order valence-electron chi connectivity index (χ3n) is 3.70. The predicted molar refractivity (Wildman–Crippen MR) is 103 cm³/mol. The third kappa shape index (κ3) is 5.59. The fourth-order valence-electron chi connectivity index (χ4n) is 2.31. The van der Waals surface area contributed by atoms with Crippen LogP contribution in [0.15, 0.2) is 60.7 Å². The van der Waals surface area contributed by atoms with Crippen LogP contribution in [0.25, 0.3) is 0 Å². The molecule has 0 amide bonds. The molecule has 4 heteroatoms. The van der Waals surface area contributed by atoms with E-state index in [1.54, 1.807) is 0 Å². The molecule has 0 saturated carbocycles. The van der Waals surface area contributed by atoms with E-state index in [-0.39, 0.29) is 0 Å². The summed E-state index contributed by atoms with van der Waals surface area (Å²) in [4.78, 5) is 0. The second kappa shape index (κ2) is 10.5. The van der Waals surface area contributed by atoms with Crippen LogP contribution in [-0.4, -0.2) is 13.2 Å². The van der Waals surface area contributed by atoms with Gasteiger partial charge >= 0.3 is 146 Å². The van der Waals surface area contributed by atoms with Crippen molar-refractivity contribution in [1.29, 1.82) is 0 Å². The summed E-state index contributed by atoms with van der Waals surface area (Å²) >= 11 is 0. The monoisotopic (exact) mass is 348 g/mol. The van der Waals surface area contributed by atoms with Gasteiger partial charge in [0.25, 0.3) is 0 Å². The van der Waals surface area contributed by atoms with Crippen LogP contribution in [0.3, 0.4) is 0 Å². The van der Waals surface area contributed by atoms with Crippen LogP contribution in [0.4, 0.5) is 0 Å². The van der Waals surface area contributed by atoms with E-state index >= 15 is 0 Å². The van der Waals surface area contributed by atoms with Crippen LogP contribution in [0.1, 0.15) is 39.5 Å². The summed E-state index contributed by atoms with van der Waals surface area (Å²) in [6, 6.07) is 20.0. The number of hydrogen-bond acceptors (Lipinski definition) is 3. The van der Waals surface area contributed by atoms with E-state index < -0.39 is 7.94 Å². The number of unbranched alkanes of at least 4 members (excludes halogenated alkanes) is 2. The van der Waals surface area contributed by atoms with Crippen molar-refractivity contribution in [3.63, 3.8) is 0 Å². The van der Waals surface area contributed by atoms with E-state index in [0.717, 1.165) is 36.7 Å². The summed E-state index contributed by atoms with van der Waals surface area (Å²) in [5.41, 5.74) is 0. The molecule has 0 saturated heterocycles. The maximum absolute atomic E-state index is 6.38. The van der Waals surface area contributed by atoms with Gasteiger partial charge in [0.1, 0.15) is 0 Å². The van der Waals surface area contributed by atoms with Gasteiger partial charge in [-0.3, -0.25) is 0 Å². The summed E-state index contributed by atoms with van der Waals surface area (Å²) in [6.07, 6.45) is 4.16. The molecule has 2 aromatic rings. The third-order valence-corrected chi connectivity index (χ3v) is 6.42. The van der Waals surface area contributed by atoms with Crippen molar-refractivity contribution in [3.8, 4) is 5.75 Å². The second-order valence-corrected chi connectivity index (χ2v) is 8.21. The van der Waals surface area contributed by atoms with E-state index in [0.29, 0.717) is 13.2 Å². The van der Waals surface area contributed by atoms with Gasteiger partial charge in [-0.15, -0.1) is 0 Å². The first-order valence-corrected chi connectivity index (χ1v) is 10.6. The molecular formula is C20H29O3P. The van der Waals surface area contributed by atoms with Crippen LogP contribution in [0, 0.1) is 0 Å². The van der Waals surface area contributed by atoms with Crippen molar-refractivity contribution in [2.75, 3.05) is 13.2 Å². The number of benzene rings is 2. The van der Waals surface area contributed by atoms with Crippen LogP contribution in [-0.2, 0) is 9.05 Å². The molecule has 0 bridgehead atoms. The molecule has 0 aliphatic heterocycles. The molecule has 2 rings (SSSR count). The Morgan fingerprint density at radius 2 is 1.21 bits per heavy atom. The standard InChI is InChI=1S/C20H29O3P/c1-3-5-17-21-24(22-18-6-4-2,20-15-11-8-12-16-20)23-19-13-9-7-10-14-19/h7-16,24H,3-6,17-18H2,1-2H3. The molecule has 24 heavy (non-hydrogen) atoms. The van der Waals surface area contributed by atoms with Gasteiger partial charge in [-0.25, -0.2) is 0 Å². The molecule has 0 spiro atoms. The van der Waals surface area contributed by atoms with E-state index in [4.69, 9.17) is 13.6 Å². The van der Waals surface area contributed by atoms with Gasteiger partial charge in [-0.05, 0) is 0 Å². The zero-order valence-corrected chi connectivity index (χ0v) is 15.7. The van der Waals surface area contributed by atoms with E-state index in [9.17, 15) is 0 Å². The first-order chi connectivity index (χ1) is 11.8. The van der Waals surface area contributed by atoms with E-state index in [2.05, 4.69) is 13.8 Å². The predicted octanol–water partition coefficient (Wildman–Crippen LogP) is 5.52. The Labute approximate surface area is 146 Å². The average molecular weight is 348 g/mol. The molecule has 132 valence electrons. The summed E-state index contributed by atoms with van der Waals surface area (Å²) in [7, 11) is -2.99. The van der Waals surface area contributed by atoms with Crippen molar-refractivity contribution >= 4 is 13.2 Å². The van der Waals surface area contributed by atoms with Gasteiger partial charge in [-0.1, -0.05) is 0 Å². The molecular weight excluding hydrogens is 319 g/mol. The molecule has 3 nitrogen and oxygen atoms in total. The number of rotatable bonds is 11. The van der Waals surface area contributed by atoms with Crippen LogP contribution in [0.5, 0.6) is 5.75 Å². The Kier molecular flexibility index (Phi) is 8.24. The van der Waals surface area contributed by atoms with Gasteiger partial charge in [-0.2, -0.15) is 0 Å². The molecule has 0 aliphatic rings. The molecule has 0 fully saturated rings. The molecule has 0 aromatic heterocycles. The van der Waals surface area contributed by atoms with Gasteiger partial charge < -0.3 is 0 Å². The summed E-state index contributed by atoms with van der Waals surface area (Å²) in [5, 5.41) is 1.01. The zero-order chi connectivity index (χ0) is 17.1. The fraction of sp³-hybridized carbons (Fsp3) is 0.400. The van der Waals surface area contributed by atoms with Crippen molar-refractivity contribution in [3.05, 3.63) is 60.7 Å². The Morgan fingerprint density at radius 3 is 1.71 bits per heavy atom. The summed E-state index contributed by atoms with van der Waals surface area (Å²) in [6.45, 7) is 5.61. The van der Waals surface area contributed by atoms with Crippen LogP contribution < -0.4 is 9.83 Å². The first kappa shape index (κ1) is 18.9. The van der Waals surface area contributed by atoms with E-state index in [1.165, 1.54) is 0 Å². The summed E-state index contributed by atoms with van der Waals surface area (Å²) < 4.78 is 19.0.